The Balaban J connectivity index is 1.44. The molecule has 5 rings (SSSR count). The molecule has 1 nitrogen and oxygen atoms in total. The minimum absolute atomic E-state index is 0.314. The van der Waals surface area contributed by atoms with E-state index in [2.05, 4.69) is 109 Å². The lowest BCUT2D eigenvalue weighted by Gasteiger charge is -2.18. The second-order valence-corrected chi connectivity index (χ2v) is 12.2. The van der Waals surface area contributed by atoms with Crippen LogP contribution in [0.3, 0.4) is 0 Å². The van der Waals surface area contributed by atoms with Crippen molar-refractivity contribution < 1.29 is 0 Å². The van der Waals surface area contributed by atoms with E-state index >= 15 is 0 Å². The van der Waals surface area contributed by atoms with Gasteiger partial charge in [0.05, 0.1) is 15.3 Å². The summed E-state index contributed by atoms with van der Waals surface area (Å²) in [5.74, 6) is 0. The smallest absolute Gasteiger partial charge is 0.0806 e. The van der Waals surface area contributed by atoms with Crippen molar-refractivity contribution in [3.05, 3.63) is 120 Å². The van der Waals surface area contributed by atoms with Gasteiger partial charge in [0.25, 0.3) is 0 Å². The molecule has 0 heterocycles. The Morgan fingerprint density at radius 2 is 1.21 bits per heavy atom. The second kappa shape index (κ2) is 11.8. The summed E-state index contributed by atoms with van der Waals surface area (Å²) in [6, 6.07) is 38.8. The SMILES string of the molecule is c1ccc(SC(CC(Sc2ccccc2)Sc2ccccc2)=Nc2ccc3c(c2)CCC3)cc1. The lowest BCUT2D eigenvalue weighted by Crippen LogP contribution is -2.05. The molecular weight excluding hydrogens is 471 g/mol. The van der Waals surface area contributed by atoms with Gasteiger partial charge >= 0.3 is 0 Å². The van der Waals surface area contributed by atoms with Crippen molar-refractivity contribution in [1.82, 2.24) is 0 Å². The molecule has 0 N–H and O–H groups in total. The molecule has 0 aromatic heterocycles. The summed E-state index contributed by atoms with van der Waals surface area (Å²) in [7, 11) is 0. The molecule has 4 aromatic carbocycles. The number of rotatable bonds is 8. The highest BCUT2D eigenvalue weighted by Crippen LogP contribution is 2.40. The van der Waals surface area contributed by atoms with Gasteiger partial charge in [-0.05, 0) is 78.9 Å². The van der Waals surface area contributed by atoms with E-state index in [1.54, 1.807) is 11.8 Å². The van der Waals surface area contributed by atoms with Crippen LogP contribution < -0.4 is 0 Å². The maximum atomic E-state index is 5.21. The molecule has 0 fully saturated rings. The van der Waals surface area contributed by atoms with Crippen LogP contribution in [0.4, 0.5) is 5.69 Å². The van der Waals surface area contributed by atoms with Crippen LogP contribution in [0.15, 0.2) is 129 Å². The van der Waals surface area contributed by atoms with Gasteiger partial charge in [0.2, 0.25) is 0 Å². The largest absolute Gasteiger partial charge is 0.246 e. The molecule has 0 amide bonds. The van der Waals surface area contributed by atoms with E-state index in [0.717, 1.165) is 17.2 Å². The molecule has 0 atom stereocenters. The van der Waals surface area contributed by atoms with Crippen LogP contribution in [0.25, 0.3) is 0 Å². The molecule has 0 saturated heterocycles. The number of hydrogen-bond acceptors (Lipinski definition) is 4. The average molecular weight is 498 g/mol. The second-order valence-electron chi connectivity index (χ2n) is 8.22. The minimum Gasteiger partial charge on any atom is -0.246 e. The first-order valence-electron chi connectivity index (χ1n) is 11.7. The lowest BCUT2D eigenvalue weighted by atomic mass is 10.1. The average Bonchev–Trinajstić information content (AvgIpc) is 3.34. The molecule has 1 aliphatic carbocycles. The van der Waals surface area contributed by atoms with Crippen LogP contribution in [0.2, 0.25) is 0 Å². The van der Waals surface area contributed by atoms with Crippen molar-refractivity contribution in [2.45, 2.75) is 45.0 Å². The fourth-order valence-electron chi connectivity index (χ4n) is 4.06. The summed E-state index contributed by atoms with van der Waals surface area (Å²) >= 11 is 5.63. The van der Waals surface area contributed by atoms with E-state index in [4.69, 9.17) is 4.99 Å². The van der Waals surface area contributed by atoms with Crippen molar-refractivity contribution >= 4 is 46.0 Å². The van der Waals surface area contributed by atoms with Crippen molar-refractivity contribution in [1.29, 1.82) is 0 Å². The third kappa shape index (κ3) is 6.59. The van der Waals surface area contributed by atoms with Crippen LogP contribution in [0, 0.1) is 0 Å². The Bertz CT molecular complexity index is 1180. The number of hydrogen-bond donors (Lipinski definition) is 0. The number of aryl methyl sites for hydroxylation is 2. The Hall–Kier alpha value is -2.40. The predicted molar refractivity (Wildman–Crippen MR) is 151 cm³/mol. The standard InChI is InChI=1S/C30H27NS3/c1-4-13-26(14-5-1)32-29(31-25-20-19-23-11-10-12-24(23)21-25)22-30(33-27-15-6-2-7-16-27)34-28-17-8-3-9-18-28/h1-9,13-21,30H,10-12,22H2. The highest BCUT2D eigenvalue weighted by atomic mass is 32.2. The van der Waals surface area contributed by atoms with E-state index in [9.17, 15) is 0 Å². The Kier molecular flexibility index (Phi) is 8.13. The monoisotopic (exact) mass is 497 g/mol. The zero-order valence-electron chi connectivity index (χ0n) is 19.0. The molecule has 0 aliphatic heterocycles. The number of aliphatic imine (C=N–C) groups is 1. The van der Waals surface area contributed by atoms with E-state index < -0.39 is 0 Å². The summed E-state index contributed by atoms with van der Waals surface area (Å²) in [5.41, 5.74) is 4.04. The predicted octanol–water partition coefficient (Wildman–Crippen LogP) is 9.30. The number of nitrogens with zero attached hydrogens (tertiary/aromatic N) is 1. The van der Waals surface area contributed by atoms with Gasteiger partial charge in [0, 0.05) is 21.1 Å². The zero-order valence-corrected chi connectivity index (χ0v) is 21.4. The number of fused-ring (bicyclic) bond motifs is 1. The first-order valence-corrected chi connectivity index (χ1v) is 14.2. The molecule has 170 valence electrons. The molecule has 34 heavy (non-hydrogen) atoms. The highest BCUT2D eigenvalue weighted by Gasteiger charge is 2.18. The lowest BCUT2D eigenvalue weighted by molar-refractivity contribution is 0.912. The first-order chi connectivity index (χ1) is 16.8. The van der Waals surface area contributed by atoms with Gasteiger partial charge in [-0.25, -0.2) is 4.99 Å². The Morgan fingerprint density at radius 1 is 0.647 bits per heavy atom. The molecule has 4 aromatic rings. The van der Waals surface area contributed by atoms with E-state index in [0.29, 0.717) is 4.58 Å². The molecule has 0 radical (unpaired) electrons. The summed E-state index contributed by atoms with van der Waals surface area (Å²) in [6.45, 7) is 0. The number of benzene rings is 4. The van der Waals surface area contributed by atoms with Gasteiger partial charge in [-0.1, -0.05) is 72.4 Å². The fraction of sp³-hybridized carbons (Fsp3) is 0.167. The van der Waals surface area contributed by atoms with Crippen molar-refractivity contribution in [3.8, 4) is 0 Å². The maximum absolute atomic E-state index is 5.21. The Labute approximate surface area is 215 Å². The highest BCUT2D eigenvalue weighted by molar-refractivity contribution is 8.17. The van der Waals surface area contributed by atoms with Crippen LogP contribution >= 0.6 is 35.3 Å². The van der Waals surface area contributed by atoms with Crippen LogP contribution in [-0.4, -0.2) is 9.63 Å². The molecule has 4 heteroatoms. The summed E-state index contributed by atoms with van der Waals surface area (Å²) in [5, 5.41) is 1.15. The fourth-order valence-corrected chi connectivity index (χ4v) is 7.81. The molecule has 0 saturated carbocycles. The molecule has 0 unspecified atom stereocenters. The molecule has 0 bridgehead atoms. The van der Waals surface area contributed by atoms with Crippen LogP contribution in [0.5, 0.6) is 0 Å². The molecule has 1 aliphatic rings. The Morgan fingerprint density at radius 3 is 1.82 bits per heavy atom. The third-order valence-corrected chi connectivity index (χ3v) is 9.20. The third-order valence-electron chi connectivity index (χ3n) is 5.68. The van der Waals surface area contributed by atoms with E-state index in [1.807, 2.05) is 23.5 Å². The topological polar surface area (TPSA) is 12.4 Å². The van der Waals surface area contributed by atoms with Gasteiger partial charge in [0.15, 0.2) is 0 Å². The quantitative estimate of drug-likeness (QED) is 0.104. The summed E-state index contributed by atoms with van der Waals surface area (Å²) in [6.07, 6.45) is 4.53. The zero-order chi connectivity index (χ0) is 23.0. The minimum atomic E-state index is 0.314. The van der Waals surface area contributed by atoms with Crippen LogP contribution in [0.1, 0.15) is 24.0 Å². The van der Waals surface area contributed by atoms with E-state index in [-0.39, 0.29) is 0 Å². The summed E-state index contributed by atoms with van der Waals surface area (Å²) in [4.78, 5) is 9.02. The van der Waals surface area contributed by atoms with Crippen molar-refractivity contribution in [2.75, 3.05) is 0 Å². The molecule has 0 spiro atoms. The van der Waals surface area contributed by atoms with Crippen molar-refractivity contribution in [2.24, 2.45) is 4.99 Å². The van der Waals surface area contributed by atoms with E-state index in [1.165, 1.54) is 45.1 Å². The summed E-state index contributed by atoms with van der Waals surface area (Å²) < 4.78 is 0.314. The van der Waals surface area contributed by atoms with Gasteiger partial charge in [0.1, 0.15) is 0 Å². The normalized spacial score (nSPS) is 13.3. The van der Waals surface area contributed by atoms with Gasteiger partial charge in [-0.15, -0.1) is 23.5 Å². The maximum Gasteiger partial charge on any atom is 0.0806 e. The van der Waals surface area contributed by atoms with Gasteiger partial charge in [-0.3, -0.25) is 0 Å². The number of thioether (sulfide) groups is 3. The van der Waals surface area contributed by atoms with Gasteiger partial charge in [-0.2, -0.15) is 0 Å². The van der Waals surface area contributed by atoms with Crippen LogP contribution in [-0.2, 0) is 12.8 Å². The first kappa shape index (κ1) is 23.3. The van der Waals surface area contributed by atoms with Gasteiger partial charge < -0.3 is 0 Å². The van der Waals surface area contributed by atoms with Crippen molar-refractivity contribution in [3.63, 3.8) is 0 Å². The molecular formula is C30H27NS3.